The van der Waals surface area contributed by atoms with Gasteiger partial charge >= 0.3 is 0 Å². The van der Waals surface area contributed by atoms with Crippen molar-refractivity contribution < 1.29 is 17.7 Å². The summed E-state index contributed by atoms with van der Waals surface area (Å²) in [6.45, 7) is 3.11. The Morgan fingerprint density at radius 1 is 1.18 bits per heavy atom. The van der Waals surface area contributed by atoms with E-state index in [0.717, 1.165) is 21.4 Å². The molecule has 1 heterocycles. The first-order valence-corrected chi connectivity index (χ1v) is 10.5. The van der Waals surface area contributed by atoms with Crippen molar-refractivity contribution in [2.24, 2.45) is 0 Å². The summed E-state index contributed by atoms with van der Waals surface area (Å²) in [5, 5.41) is 13.7. The number of rotatable bonds is 6. The predicted octanol–water partition coefficient (Wildman–Crippen LogP) is 4.20. The van der Waals surface area contributed by atoms with Crippen molar-refractivity contribution in [3.63, 3.8) is 0 Å². The van der Waals surface area contributed by atoms with Gasteiger partial charge in [0.05, 0.1) is 32.8 Å². The second kappa shape index (κ2) is 7.64. The summed E-state index contributed by atoms with van der Waals surface area (Å²) in [4.78, 5) is 14.7. The van der Waals surface area contributed by atoms with Crippen LogP contribution in [0.3, 0.4) is 0 Å². The summed E-state index contributed by atoms with van der Waals surface area (Å²) in [7, 11) is -4.17. The fourth-order valence-electron chi connectivity index (χ4n) is 2.75. The van der Waals surface area contributed by atoms with Crippen LogP contribution in [-0.2, 0) is 16.6 Å². The van der Waals surface area contributed by atoms with Crippen molar-refractivity contribution in [3.8, 4) is 0 Å². The average molecular weight is 421 g/mol. The fraction of sp³-hybridized carbons (Fsp3) is 0.167. The molecule has 3 rings (SSSR count). The summed E-state index contributed by atoms with van der Waals surface area (Å²) < 4.78 is 41.2. The Balaban J connectivity index is 2.14. The lowest BCUT2D eigenvalue weighted by molar-refractivity contribution is -0.385. The molecule has 7 nitrogen and oxygen atoms in total. The minimum Gasteiger partial charge on any atom is -0.260 e. The van der Waals surface area contributed by atoms with Crippen LogP contribution in [0.1, 0.15) is 16.3 Å². The lowest BCUT2D eigenvalue weighted by atomic mass is 10.2. The second-order valence-corrected chi connectivity index (χ2v) is 8.90. The zero-order valence-electron chi connectivity index (χ0n) is 15.0. The van der Waals surface area contributed by atoms with Crippen LogP contribution in [0.5, 0.6) is 0 Å². The third-order valence-corrected chi connectivity index (χ3v) is 6.85. The van der Waals surface area contributed by atoms with E-state index >= 15 is 0 Å². The molecule has 0 bridgehead atoms. The SMILES string of the molecule is Cc1nc(CN(c2ccc(F)cc2)S(=O)(=O)c2cccc([N+](=O)[O-])c2C)cs1. The number of halogens is 1. The van der Waals surface area contributed by atoms with E-state index in [1.54, 1.807) is 12.3 Å². The molecule has 0 N–H and O–H groups in total. The predicted molar refractivity (Wildman–Crippen MR) is 104 cm³/mol. The number of anilines is 1. The molecule has 0 amide bonds. The van der Waals surface area contributed by atoms with E-state index < -0.39 is 20.8 Å². The first-order valence-electron chi connectivity index (χ1n) is 8.13. The number of sulfonamides is 1. The number of nitrogens with zero attached hydrogens (tertiary/aromatic N) is 3. The molecule has 1 aromatic heterocycles. The number of thiazole rings is 1. The van der Waals surface area contributed by atoms with Crippen LogP contribution in [0.4, 0.5) is 15.8 Å². The molecule has 0 aliphatic carbocycles. The molecule has 3 aromatic rings. The molecule has 0 saturated carbocycles. The van der Waals surface area contributed by atoms with Gasteiger partial charge in [-0.25, -0.2) is 17.8 Å². The molecule has 0 unspecified atom stereocenters. The number of benzene rings is 2. The smallest absolute Gasteiger partial charge is 0.260 e. The van der Waals surface area contributed by atoms with Crippen molar-refractivity contribution in [2.45, 2.75) is 25.3 Å². The molecule has 0 atom stereocenters. The Labute approximate surface area is 165 Å². The average Bonchev–Trinajstić information content (AvgIpc) is 3.05. The molecule has 0 aliphatic heterocycles. The summed E-state index contributed by atoms with van der Waals surface area (Å²) in [5.74, 6) is -0.503. The first-order chi connectivity index (χ1) is 13.2. The highest BCUT2D eigenvalue weighted by Gasteiger charge is 2.30. The van der Waals surface area contributed by atoms with Crippen LogP contribution >= 0.6 is 11.3 Å². The Morgan fingerprint density at radius 2 is 1.86 bits per heavy atom. The molecule has 2 aromatic carbocycles. The Kier molecular flexibility index (Phi) is 5.43. The Bertz CT molecular complexity index is 1130. The summed E-state index contributed by atoms with van der Waals surface area (Å²) in [6, 6.07) is 8.90. The van der Waals surface area contributed by atoms with Gasteiger partial charge in [-0.3, -0.25) is 14.4 Å². The van der Waals surface area contributed by atoms with E-state index in [1.807, 2.05) is 0 Å². The van der Waals surface area contributed by atoms with Crippen LogP contribution in [0.25, 0.3) is 0 Å². The van der Waals surface area contributed by atoms with Crippen molar-refractivity contribution >= 4 is 32.7 Å². The van der Waals surface area contributed by atoms with Gasteiger partial charge in [-0.2, -0.15) is 0 Å². The molecule has 146 valence electrons. The third kappa shape index (κ3) is 3.87. The molecule has 0 fully saturated rings. The molecule has 0 radical (unpaired) electrons. The fourth-order valence-corrected chi connectivity index (χ4v) is 5.03. The molecule has 10 heteroatoms. The van der Waals surface area contributed by atoms with Gasteiger partial charge in [0.1, 0.15) is 5.82 Å². The van der Waals surface area contributed by atoms with Gasteiger partial charge in [0.15, 0.2) is 0 Å². The van der Waals surface area contributed by atoms with E-state index in [9.17, 15) is 22.9 Å². The minimum absolute atomic E-state index is 0.0362. The van der Waals surface area contributed by atoms with Gasteiger partial charge in [-0.1, -0.05) is 6.07 Å². The zero-order chi connectivity index (χ0) is 20.5. The highest BCUT2D eigenvalue weighted by atomic mass is 32.2. The van der Waals surface area contributed by atoms with Gasteiger partial charge in [0.25, 0.3) is 15.7 Å². The first kappa shape index (κ1) is 19.9. The van der Waals surface area contributed by atoms with Gasteiger partial charge in [0.2, 0.25) is 0 Å². The number of nitro benzene ring substituents is 1. The highest BCUT2D eigenvalue weighted by Crippen LogP contribution is 2.31. The maximum atomic E-state index is 13.4. The Morgan fingerprint density at radius 3 is 2.43 bits per heavy atom. The van der Waals surface area contributed by atoms with Crippen molar-refractivity contribution in [3.05, 3.63) is 80.0 Å². The van der Waals surface area contributed by atoms with E-state index in [2.05, 4.69) is 4.98 Å². The van der Waals surface area contributed by atoms with Gasteiger partial charge in [-0.05, 0) is 44.2 Å². The highest BCUT2D eigenvalue weighted by molar-refractivity contribution is 7.92. The number of hydrogen-bond acceptors (Lipinski definition) is 6. The van der Waals surface area contributed by atoms with Gasteiger partial charge < -0.3 is 0 Å². The van der Waals surface area contributed by atoms with Crippen LogP contribution in [-0.4, -0.2) is 18.3 Å². The van der Waals surface area contributed by atoms with Crippen molar-refractivity contribution in [2.75, 3.05) is 4.31 Å². The molecular weight excluding hydrogens is 405 g/mol. The second-order valence-electron chi connectivity index (χ2n) is 6.00. The lowest BCUT2D eigenvalue weighted by Crippen LogP contribution is -2.31. The summed E-state index contributed by atoms with van der Waals surface area (Å²) >= 11 is 1.38. The van der Waals surface area contributed by atoms with Gasteiger partial charge in [-0.15, -0.1) is 11.3 Å². The molecular formula is C18H16FN3O4S2. The van der Waals surface area contributed by atoms with Crippen molar-refractivity contribution in [1.82, 2.24) is 4.98 Å². The maximum Gasteiger partial charge on any atom is 0.273 e. The van der Waals surface area contributed by atoms with Crippen LogP contribution < -0.4 is 4.31 Å². The summed E-state index contributed by atoms with van der Waals surface area (Å²) in [6.07, 6.45) is 0. The number of nitro groups is 1. The van der Waals surface area contributed by atoms with E-state index in [1.165, 1.54) is 48.6 Å². The molecule has 0 spiro atoms. The molecule has 0 aliphatic rings. The number of aryl methyl sites for hydroxylation is 1. The quantitative estimate of drug-likeness (QED) is 0.439. The van der Waals surface area contributed by atoms with E-state index in [4.69, 9.17) is 0 Å². The van der Waals surface area contributed by atoms with Crippen LogP contribution in [0, 0.1) is 29.8 Å². The van der Waals surface area contributed by atoms with Crippen LogP contribution in [0.15, 0.2) is 52.7 Å². The lowest BCUT2D eigenvalue weighted by Gasteiger charge is -2.24. The molecule has 0 saturated heterocycles. The minimum atomic E-state index is -4.17. The number of hydrogen-bond donors (Lipinski definition) is 0. The summed E-state index contributed by atoms with van der Waals surface area (Å²) in [5.41, 5.74) is 0.509. The number of aromatic nitrogens is 1. The topological polar surface area (TPSA) is 93.4 Å². The Hall–Kier alpha value is -2.85. The maximum absolute atomic E-state index is 13.4. The van der Waals surface area contributed by atoms with Gasteiger partial charge in [0, 0.05) is 17.0 Å². The monoisotopic (exact) mass is 421 g/mol. The standard InChI is InChI=1S/C18H16FN3O4S2/c1-12-17(22(23)24)4-3-5-18(12)28(25,26)21(10-15-11-27-13(2)20-15)16-8-6-14(19)7-9-16/h3-9,11H,10H2,1-2H3. The zero-order valence-corrected chi connectivity index (χ0v) is 16.6. The van der Waals surface area contributed by atoms with E-state index in [0.29, 0.717) is 5.69 Å². The largest absolute Gasteiger partial charge is 0.273 e. The third-order valence-electron chi connectivity index (χ3n) is 4.11. The normalized spacial score (nSPS) is 11.4. The van der Waals surface area contributed by atoms with Crippen molar-refractivity contribution in [1.29, 1.82) is 0 Å². The molecule has 28 heavy (non-hydrogen) atoms. The van der Waals surface area contributed by atoms with E-state index in [-0.39, 0.29) is 28.4 Å². The van der Waals surface area contributed by atoms with Crippen LogP contribution in [0.2, 0.25) is 0 Å².